The number of benzene rings is 2. The van der Waals surface area contributed by atoms with E-state index in [2.05, 4.69) is 4.90 Å². The lowest BCUT2D eigenvalue weighted by Crippen LogP contribution is -2.54. The minimum atomic E-state index is -0.553. The summed E-state index contributed by atoms with van der Waals surface area (Å²) >= 11 is 5.87. The fourth-order valence-corrected chi connectivity index (χ4v) is 3.06. The Morgan fingerprint density at radius 3 is 2.08 bits per heavy atom. The Labute approximate surface area is 153 Å². The molecule has 0 N–H and O–H groups in total. The van der Waals surface area contributed by atoms with Crippen molar-refractivity contribution in [3.05, 3.63) is 59.1 Å². The average Bonchev–Trinajstić information content (AvgIpc) is 2.64. The topological polar surface area (TPSA) is 38.8 Å². The zero-order valence-corrected chi connectivity index (χ0v) is 15.3. The van der Waals surface area contributed by atoms with Crippen LogP contribution in [-0.2, 0) is 4.74 Å². The summed E-state index contributed by atoms with van der Waals surface area (Å²) in [6.07, 6.45) is 0. The number of nitrogens with zero attached hydrogens (tertiary/aromatic N) is 1. The number of halogens is 1. The van der Waals surface area contributed by atoms with E-state index in [1.807, 2.05) is 50.2 Å². The highest BCUT2D eigenvalue weighted by molar-refractivity contribution is 6.30. The Morgan fingerprint density at radius 1 is 1.00 bits per heavy atom. The predicted octanol–water partition coefficient (Wildman–Crippen LogP) is 4.43. The van der Waals surface area contributed by atoms with Crippen molar-refractivity contribution in [1.82, 2.24) is 4.90 Å². The number of Topliss-reactive ketones (excluding diaryl/α,β-unsaturated/α-hetero) is 1. The number of hydrogen-bond donors (Lipinski definition) is 0. The van der Waals surface area contributed by atoms with E-state index < -0.39 is 5.54 Å². The number of hydrogen-bond acceptors (Lipinski definition) is 4. The molecule has 0 amide bonds. The monoisotopic (exact) mass is 359 g/mol. The van der Waals surface area contributed by atoms with Gasteiger partial charge in [0, 0.05) is 23.7 Å². The summed E-state index contributed by atoms with van der Waals surface area (Å²) in [7, 11) is 0. The van der Waals surface area contributed by atoms with Crippen LogP contribution in [0.3, 0.4) is 0 Å². The van der Waals surface area contributed by atoms with Crippen LogP contribution in [0.15, 0.2) is 48.5 Å². The lowest BCUT2D eigenvalue weighted by atomic mass is 9.91. The highest BCUT2D eigenvalue weighted by atomic mass is 35.5. The van der Waals surface area contributed by atoms with Crippen molar-refractivity contribution >= 4 is 17.4 Å². The van der Waals surface area contributed by atoms with Crippen LogP contribution in [0, 0.1) is 0 Å². The predicted molar refractivity (Wildman–Crippen MR) is 98.8 cm³/mol. The lowest BCUT2D eigenvalue weighted by molar-refractivity contribution is -0.00429. The minimum absolute atomic E-state index is 0.104. The molecule has 0 spiro atoms. The number of rotatable bonds is 5. The Balaban J connectivity index is 1.70. The summed E-state index contributed by atoms with van der Waals surface area (Å²) in [6.45, 7) is 6.83. The molecule has 1 aliphatic heterocycles. The number of ether oxygens (including phenoxy) is 2. The van der Waals surface area contributed by atoms with Crippen molar-refractivity contribution < 1.29 is 14.3 Å². The van der Waals surface area contributed by atoms with E-state index in [0.717, 1.165) is 13.1 Å². The van der Waals surface area contributed by atoms with Crippen molar-refractivity contribution in [2.75, 3.05) is 26.3 Å². The first-order chi connectivity index (χ1) is 12.0. The highest BCUT2D eigenvalue weighted by Crippen LogP contribution is 2.26. The Kier molecular flexibility index (Phi) is 5.42. The molecule has 0 radical (unpaired) electrons. The van der Waals surface area contributed by atoms with Crippen LogP contribution >= 0.6 is 11.6 Å². The maximum Gasteiger partial charge on any atom is 0.182 e. The summed E-state index contributed by atoms with van der Waals surface area (Å²) in [5.41, 5.74) is 0.127. The van der Waals surface area contributed by atoms with Gasteiger partial charge in [-0.05, 0) is 62.4 Å². The fourth-order valence-electron chi connectivity index (χ4n) is 2.93. The molecule has 0 bridgehead atoms. The third kappa shape index (κ3) is 4.21. The van der Waals surface area contributed by atoms with Gasteiger partial charge in [-0.3, -0.25) is 9.69 Å². The second-order valence-electron chi connectivity index (χ2n) is 6.57. The van der Waals surface area contributed by atoms with Crippen molar-refractivity contribution in [1.29, 1.82) is 0 Å². The Morgan fingerprint density at radius 2 is 1.52 bits per heavy atom. The highest BCUT2D eigenvalue weighted by Gasteiger charge is 2.35. The van der Waals surface area contributed by atoms with Gasteiger partial charge in [0.2, 0.25) is 0 Å². The molecule has 0 unspecified atom stereocenters. The van der Waals surface area contributed by atoms with E-state index in [4.69, 9.17) is 21.1 Å². The lowest BCUT2D eigenvalue weighted by Gasteiger charge is -2.39. The second kappa shape index (κ2) is 7.56. The normalized spacial score (nSPS) is 15.8. The van der Waals surface area contributed by atoms with Gasteiger partial charge >= 0.3 is 0 Å². The van der Waals surface area contributed by atoms with Gasteiger partial charge < -0.3 is 9.47 Å². The zero-order valence-electron chi connectivity index (χ0n) is 14.5. The molecule has 4 nitrogen and oxygen atoms in total. The quantitative estimate of drug-likeness (QED) is 0.740. The van der Waals surface area contributed by atoms with Crippen molar-refractivity contribution in [3.63, 3.8) is 0 Å². The van der Waals surface area contributed by atoms with Crippen LogP contribution in [0.2, 0.25) is 5.02 Å². The van der Waals surface area contributed by atoms with E-state index in [1.165, 1.54) is 0 Å². The molecule has 2 aromatic carbocycles. The Hall–Kier alpha value is -1.88. The molecule has 25 heavy (non-hydrogen) atoms. The van der Waals surface area contributed by atoms with Crippen LogP contribution in [0.5, 0.6) is 11.5 Å². The molecule has 3 rings (SSSR count). The first kappa shape index (κ1) is 17.9. The number of carbonyl (C=O) groups is 1. The summed E-state index contributed by atoms with van der Waals surface area (Å²) in [5.74, 6) is 1.49. The average molecular weight is 360 g/mol. The van der Waals surface area contributed by atoms with Crippen LogP contribution in [0.1, 0.15) is 24.2 Å². The first-order valence-electron chi connectivity index (χ1n) is 8.38. The molecule has 1 heterocycles. The molecule has 132 valence electrons. The SMILES string of the molecule is CC(C)(C(=O)c1ccc(Oc2ccc(Cl)cc2)cc1)N1CCOCC1. The van der Waals surface area contributed by atoms with E-state index in [-0.39, 0.29) is 5.78 Å². The minimum Gasteiger partial charge on any atom is -0.457 e. The van der Waals surface area contributed by atoms with E-state index >= 15 is 0 Å². The standard InChI is InChI=1S/C20H22ClNO3/c1-20(2,22-11-13-24-14-12-22)19(23)15-3-7-17(8-4-15)25-18-9-5-16(21)6-10-18/h3-10H,11-14H2,1-2H3. The molecule has 0 saturated carbocycles. The molecule has 2 aromatic rings. The van der Waals surface area contributed by atoms with Gasteiger partial charge in [-0.2, -0.15) is 0 Å². The van der Waals surface area contributed by atoms with Gasteiger partial charge in [-0.15, -0.1) is 0 Å². The molecule has 0 aliphatic carbocycles. The molecular weight excluding hydrogens is 338 g/mol. The van der Waals surface area contributed by atoms with Gasteiger partial charge in [-0.25, -0.2) is 0 Å². The molecule has 5 heteroatoms. The van der Waals surface area contributed by atoms with Crippen LogP contribution in [-0.4, -0.2) is 42.5 Å². The van der Waals surface area contributed by atoms with Crippen LogP contribution in [0.25, 0.3) is 0 Å². The van der Waals surface area contributed by atoms with Gasteiger partial charge in [0.1, 0.15) is 11.5 Å². The fraction of sp³-hybridized carbons (Fsp3) is 0.350. The molecule has 1 aliphatic rings. The van der Waals surface area contributed by atoms with E-state index in [0.29, 0.717) is 35.3 Å². The maximum absolute atomic E-state index is 12.9. The molecule has 1 saturated heterocycles. The second-order valence-corrected chi connectivity index (χ2v) is 7.00. The summed E-state index contributed by atoms with van der Waals surface area (Å²) < 4.78 is 11.2. The Bertz CT molecular complexity index is 720. The zero-order chi connectivity index (χ0) is 17.9. The van der Waals surface area contributed by atoms with Gasteiger partial charge in [0.15, 0.2) is 5.78 Å². The third-order valence-corrected chi connectivity index (χ3v) is 4.78. The molecule has 1 fully saturated rings. The van der Waals surface area contributed by atoms with Gasteiger partial charge in [-0.1, -0.05) is 11.6 Å². The number of morpholine rings is 1. The molecule has 0 aromatic heterocycles. The number of ketones is 1. The number of carbonyl (C=O) groups excluding carboxylic acids is 1. The summed E-state index contributed by atoms with van der Waals surface area (Å²) in [6, 6.07) is 14.4. The van der Waals surface area contributed by atoms with Crippen molar-refractivity contribution in [2.45, 2.75) is 19.4 Å². The molecule has 0 atom stereocenters. The summed E-state index contributed by atoms with van der Waals surface area (Å²) in [5, 5.41) is 0.665. The van der Waals surface area contributed by atoms with Crippen LogP contribution in [0.4, 0.5) is 0 Å². The maximum atomic E-state index is 12.9. The van der Waals surface area contributed by atoms with Gasteiger partial charge in [0.05, 0.1) is 18.8 Å². The van der Waals surface area contributed by atoms with E-state index in [9.17, 15) is 4.79 Å². The first-order valence-corrected chi connectivity index (χ1v) is 8.76. The third-order valence-electron chi connectivity index (χ3n) is 4.52. The summed E-state index contributed by atoms with van der Waals surface area (Å²) in [4.78, 5) is 15.1. The largest absolute Gasteiger partial charge is 0.457 e. The van der Waals surface area contributed by atoms with E-state index in [1.54, 1.807) is 12.1 Å². The molecular formula is C20H22ClNO3. The van der Waals surface area contributed by atoms with Crippen molar-refractivity contribution in [2.24, 2.45) is 0 Å². The smallest absolute Gasteiger partial charge is 0.182 e. The van der Waals surface area contributed by atoms with Crippen molar-refractivity contribution in [3.8, 4) is 11.5 Å². The van der Waals surface area contributed by atoms with Crippen LogP contribution < -0.4 is 4.74 Å². The van der Waals surface area contributed by atoms with Gasteiger partial charge in [0.25, 0.3) is 0 Å².